The molecule has 3 rings (SSSR count). The van der Waals surface area contributed by atoms with Crippen LogP contribution in [0.4, 0.5) is 0 Å². The minimum Gasteiger partial charge on any atom is -0.350 e. The first-order valence-electron chi connectivity index (χ1n) is 9.29. The summed E-state index contributed by atoms with van der Waals surface area (Å²) in [5.74, 6) is 0.397. The smallest absolute Gasteiger partial charge is 0.261 e. The van der Waals surface area contributed by atoms with E-state index in [0.717, 1.165) is 5.56 Å². The van der Waals surface area contributed by atoms with Crippen LogP contribution in [0.25, 0.3) is 10.9 Å². The summed E-state index contributed by atoms with van der Waals surface area (Å²) in [6, 6.07) is 15.5. The van der Waals surface area contributed by atoms with E-state index in [1.54, 1.807) is 12.1 Å². The minimum atomic E-state index is -0.120. The van der Waals surface area contributed by atoms with E-state index in [2.05, 4.69) is 48.4 Å². The molecule has 1 aromatic heterocycles. The van der Waals surface area contributed by atoms with Crippen LogP contribution in [0.15, 0.2) is 59.7 Å². The molecule has 1 atom stereocenters. The van der Waals surface area contributed by atoms with Crippen LogP contribution in [0.3, 0.4) is 0 Å². The molecular formula is C22H25N3O2. The molecule has 0 saturated heterocycles. The molecule has 140 valence electrons. The average Bonchev–Trinajstić information content (AvgIpc) is 2.67. The third-order valence-electron chi connectivity index (χ3n) is 4.79. The summed E-state index contributed by atoms with van der Waals surface area (Å²) >= 11 is 0. The van der Waals surface area contributed by atoms with E-state index in [-0.39, 0.29) is 23.9 Å². The molecular weight excluding hydrogens is 338 g/mol. The van der Waals surface area contributed by atoms with Crippen LogP contribution in [0.1, 0.15) is 50.3 Å². The first-order valence-corrected chi connectivity index (χ1v) is 9.29. The number of aryl methyl sites for hydroxylation is 1. The molecule has 27 heavy (non-hydrogen) atoms. The lowest BCUT2D eigenvalue weighted by Gasteiger charge is -2.16. The van der Waals surface area contributed by atoms with Gasteiger partial charge in [0.05, 0.1) is 23.3 Å². The molecule has 2 aromatic carbocycles. The highest BCUT2D eigenvalue weighted by molar-refractivity contribution is 5.77. The maximum absolute atomic E-state index is 12.5. The van der Waals surface area contributed by atoms with Gasteiger partial charge in [0.1, 0.15) is 0 Å². The van der Waals surface area contributed by atoms with Gasteiger partial charge in [-0.25, -0.2) is 4.98 Å². The van der Waals surface area contributed by atoms with Crippen molar-refractivity contribution in [2.24, 2.45) is 0 Å². The van der Waals surface area contributed by atoms with Crippen LogP contribution in [0.5, 0.6) is 0 Å². The van der Waals surface area contributed by atoms with Gasteiger partial charge in [-0.15, -0.1) is 0 Å². The Balaban J connectivity index is 1.61. The van der Waals surface area contributed by atoms with Crippen LogP contribution < -0.4 is 10.9 Å². The van der Waals surface area contributed by atoms with Gasteiger partial charge < -0.3 is 5.32 Å². The number of carbonyl (C=O) groups excluding carboxylic acids is 1. The van der Waals surface area contributed by atoms with Crippen LogP contribution in [0.2, 0.25) is 0 Å². The maximum atomic E-state index is 12.5. The first-order chi connectivity index (χ1) is 13.0. The van der Waals surface area contributed by atoms with Crippen LogP contribution in [-0.4, -0.2) is 15.5 Å². The highest BCUT2D eigenvalue weighted by Crippen LogP contribution is 2.18. The molecule has 1 amide bonds. The minimum absolute atomic E-state index is 0.0786. The largest absolute Gasteiger partial charge is 0.350 e. The number of nitrogens with one attached hydrogen (secondary N) is 1. The Morgan fingerprint density at radius 1 is 1.04 bits per heavy atom. The van der Waals surface area contributed by atoms with Crippen molar-refractivity contribution in [2.45, 2.75) is 45.7 Å². The van der Waals surface area contributed by atoms with Gasteiger partial charge in [-0.2, -0.15) is 0 Å². The quantitative estimate of drug-likeness (QED) is 0.725. The molecule has 0 fully saturated rings. The molecule has 1 unspecified atom stereocenters. The normalized spacial score (nSPS) is 12.3. The van der Waals surface area contributed by atoms with Crippen LogP contribution >= 0.6 is 0 Å². The SMILES string of the molecule is CC(C)c1ccc(C(C)NC(=O)CCn2cnc3ccccc3c2=O)cc1. The van der Waals surface area contributed by atoms with Gasteiger partial charge in [-0.05, 0) is 36.1 Å². The lowest BCUT2D eigenvalue weighted by molar-refractivity contribution is -0.121. The molecule has 5 nitrogen and oxygen atoms in total. The number of benzene rings is 2. The Bertz CT molecular complexity index is 990. The van der Waals surface area contributed by atoms with Crippen molar-refractivity contribution in [2.75, 3.05) is 0 Å². The van der Waals surface area contributed by atoms with E-state index in [1.165, 1.54) is 16.5 Å². The number of rotatable bonds is 6. The monoisotopic (exact) mass is 363 g/mol. The van der Waals surface area contributed by atoms with Crippen molar-refractivity contribution in [3.63, 3.8) is 0 Å². The number of amides is 1. The molecule has 5 heteroatoms. The second-order valence-electron chi connectivity index (χ2n) is 7.12. The summed E-state index contributed by atoms with van der Waals surface area (Å²) in [7, 11) is 0. The summed E-state index contributed by atoms with van der Waals surface area (Å²) in [5, 5.41) is 3.57. The number of hydrogen-bond donors (Lipinski definition) is 1. The van der Waals surface area contributed by atoms with Crippen molar-refractivity contribution in [1.29, 1.82) is 0 Å². The number of nitrogens with zero attached hydrogens (tertiary/aromatic N) is 2. The van der Waals surface area contributed by atoms with Gasteiger partial charge in [-0.3, -0.25) is 14.2 Å². The Hall–Kier alpha value is -2.95. The number of para-hydroxylation sites is 1. The van der Waals surface area contributed by atoms with Gasteiger partial charge in [0.25, 0.3) is 5.56 Å². The standard InChI is InChI=1S/C22H25N3O2/c1-15(2)17-8-10-18(11-9-17)16(3)24-21(26)12-13-25-14-23-20-7-5-4-6-19(20)22(25)27/h4-11,14-16H,12-13H2,1-3H3,(H,24,26). The third kappa shape index (κ3) is 4.42. The molecule has 0 saturated carbocycles. The van der Waals surface area contributed by atoms with E-state index in [1.807, 2.05) is 19.1 Å². The van der Waals surface area contributed by atoms with Crippen molar-refractivity contribution < 1.29 is 4.79 Å². The van der Waals surface area contributed by atoms with Gasteiger partial charge in [0, 0.05) is 13.0 Å². The van der Waals surface area contributed by atoms with Gasteiger partial charge in [-0.1, -0.05) is 50.2 Å². The lowest BCUT2D eigenvalue weighted by Crippen LogP contribution is -2.29. The highest BCUT2D eigenvalue weighted by Gasteiger charge is 2.11. The van der Waals surface area contributed by atoms with E-state index >= 15 is 0 Å². The Morgan fingerprint density at radius 2 is 1.70 bits per heavy atom. The Morgan fingerprint density at radius 3 is 2.41 bits per heavy atom. The first kappa shape index (κ1) is 18.8. The van der Waals surface area contributed by atoms with Crippen LogP contribution in [0, 0.1) is 0 Å². The van der Waals surface area contributed by atoms with Gasteiger partial charge in [0.2, 0.25) is 5.91 Å². The fraction of sp³-hybridized carbons (Fsp3) is 0.318. The zero-order chi connectivity index (χ0) is 19.4. The van der Waals surface area contributed by atoms with E-state index in [4.69, 9.17) is 0 Å². The van der Waals surface area contributed by atoms with Crippen molar-refractivity contribution in [1.82, 2.24) is 14.9 Å². The molecule has 0 aliphatic rings. The molecule has 0 aliphatic carbocycles. The van der Waals surface area contributed by atoms with Crippen molar-refractivity contribution >= 4 is 16.8 Å². The fourth-order valence-corrected chi connectivity index (χ4v) is 3.05. The van der Waals surface area contributed by atoms with Crippen molar-refractivity contribution in [3.8, 4) is 0 Å². The summed E-state index contributed by atoms with van der Waals surface area (Å²) in [5.41, 5.74) is 2.89. The Kier molecular flexibility index (Phi) is 5.69. The predicted octanol–water partition coefficient (Wildman–Crippen LogP) is 3.79. The predicted molar refractivity (Wildman–Crippen MR) is 108 cm³/mol. The summed E-state index contributed by atoms with van der Waals surface area (Å²) in [4.78, 5) is 29.0. The second kappa shape index (κ2) is 8.16. The summed E-state index contributed by atoms with van der Waals surface area (Å²) < 4.78 is 1.49. The molecule has 0 bridgehead atoms. The Labute approximate surface area is 159 Å². The summed E-state index contributed by atoms with van der Waals surface area (Å²) in [6.07, 6.45) is 1.74. The van der Waals surface area contributed by atoms with Gasteiger partial charge >= 0.3 is 0 Å². The lowest BCUT2D eigenvalue weighted by atomic mass is 9.99. The van der Waals surface area contributed by atoms with Crippen LogP contribution in [-0.2, 0) is 11.3 Å². The maximum Gasteiger partial charge on any atom is 0.261 e. The molecule has 3 aromatic rings. The molecule has 1 heterocycles. The molecule has 0 radical (unpaired) electrons. The number of carbonyl (C=O) groups is 1. The topological polar surface area (TPSA) is 64.0 Å². The molecule has 0 aliphatic heterocycles. The number of hydrogen-bond acceptors (Lipinski definition) is 3. The van der Waals surface area contributed by atoms with Crippen molar-refractivity contribution in [3.05, 3.63) is 76.3 Å². The zero-order valence-corrected chi connectivity index (χ0v) is 16.0. The number of aromatic nitrogens is 2. The summed E-state index contributed by atoms with van der Waals surface area (Å²) in [6.45, 7) is 6.58. The highest BCUT2D eigenvalue weighted by atomic mass is 16.2. The second-order valence-corrected chi connectivity index (χ2v) is 7.12. The number of fused-ring (bicyclic) bond motifs is 1. The van der Waals surface area contributed by atoms with Gasteiger partial charge in [0.15, 0.2) is 0 Å². The fourth-order valence-electron chi connectivity index (χ4n) is 3.05. The molecule has 0 spiro atoms. The average molecular weight is 363 g/mol. The third-order valence-corrected chi connectivity index (χ3v) is 4.79. The van der Waals surface area contributed by atoms with E-state index in [9.17, 15) is 9.59 Å². The molecule has 1 N–H and O–H groups in total. The van der Waals surface area contributed by atoms with E-state index < -0.39 is 0 Å². The van der Waals surface area contributed by atoms with E-state index in [0.29, 0.717) is 23.4 Å². The zero-order valence-electron chi connectivity index (χ0n) is 16.0.